The third-order valence-electron chi connectivity index (χ3n) is 1.92. The zero-order chi connectivity index (χ0) is 13.2. The third kappa shape index (κ3) is 10.0. The Morgan fingerprint density at radius 3 is 2.00 bits per heavy atom. The van der Waals surface area contributed by atoms with Gasteiger partial charge < -0.3 is 0 Å². The van der Waals surface area contributed by atoms with Gasteiger partial charge in [0.15, 0.2) is 0 Å². The van der Waals surface area contributed by atoms with Gasteiger partial charge in [0.25, 0.3) is 0 Å². The van der Waals surface area contributed by atoms with Gasteiger partial charge in [0.05, 0.1) is 6.54 Å². The van der Waals surface area contributed by atoms with Crippen molar-refractivity contribution in [2.45, 2.75) is 47.2 Å². The first-order valence-electron chi connectivity index (χ1n) is 5.92. The van der Waals surface area contributed by atoms with Crippen molar-refractivity contribution in [3.63, 3.8) is 0 Å². The van der Waals surface area contributed by atoms with E-state index in [2.05, 4.69) is 0 Å². The molecule has 1 heterocycles. The molecule has 0 fully saturated rings. The van der Waals surface area contributed by atoms with Crippen molar-refractivity contribution in [3.05, 3.63) is 11.6 Å². The molecule has 0 amide bonds. The van der Waals surface area contributed by atoms with Crippen molar-refractivity contribution in [2.24, 2.45) is 0 Å². The first kappa shape index (κ1) is 17.9. The normalized spacial score (nSPS) is 16.4. The van der Waals surface area contributed by atoms with Crippen LogP contribution in [0.3, 0.4) is 0 Å². The molecule has 0 aromatic heterocycles. The van der Waals surface area contributed by atoms with Gasteiger partial charge in [-0.1, -0.05) is 39.3 Å². The van der Waals surface area contributed by atoms with Crippen LogP contribution in [-0.2, 0) is 0 Å². The van der Waals surface area contributed by atoms with Gasteiger partial charge in [-0.2, -0.15) is 13.2 Å². The molecule has 0 saturated heterocycles. The van der Waals surface area contributed by atoms with Gasteiger partial charge in [-0.3, -0.25) is 4.90 Å². The minimum Gasteiger partial charge on any atom is -0.291 e. The lowest BCUT2D eigenvalue weighted by molar-refractivity contribution is -0.145. The Morgan fingerprint density at radius 1 is 1.19 bits per heavy atom. The van der Waals surface area contributed by atoms with E-state index in [4.69, 9.17) is 0 Å². The highest BCUT2D eigenvalue weighted by atomic mass is 19.4. The molecule has 0 spiro atoms. The highest BCUT2D eigenvalue weighted by Crippen LogP contribution is 2.19. The second-order valence-corrected chi connectivity index (χ2v) is 3.15. The summed E-state index contributed by atoms with van der Waals surface area (Å²) >= 11 is 0. The Bertz CT molecular complexity index is 185. The zero-order valence-corrected chi connectivity index (χ0v) is 11.0. The quantitative estimate of drug-likeness (QED) is 0.618. The Hall–Kier alpha value is -0.510. The number of alkyl halides is 3. The van der Waals surface area contributed by atoms with Crippen LogP contribution in [0.2, 0.25) is 0 Å². The average molecular weight is 239 g/mol. The van der Waals surface area contributed by atoms with Crippen molar-refractivity contribution in [1.29, 1.82) is 0 Å². The Labute approximate surface area is 97.3 Å². The number of hydrogen-bond acceptors (Lipinski definition) is 1. The molecule has 1 rings (SSSR count). The van der Waals surface area contributed by atoms with Gasteiger partial charge in [-0.25, -0.2) is 0 Å². The van der Waals surface area contributed by atoms with Crippen LogP contribution in [0.1, 0.15) is 41.0 Å². The number of hydrogen-bond donors (Lipinski definition) is 0. The fourth-order valence-corrected chi connectivity index (χ4v) is 1.21. The predicted octanol–water partition coefficient (Wildman–Crippen LogP) is 4.25. The van der Waals surface area contributed by atoms with Crippen LogP contribution in [-0.4, -0.2) is 30.7 Å². The summed E-state index contributed by atoms with van der Waals surface area (Å²) in [6.45, 7) is 10.1. The standard InChI is InChI=1S/C8H12F3N.2C2H6/c1-7-2-4-12(5-3-7)6-8(9,10)11;2*1-2/h2H,3-6H2,1H3;2*1-2H3. The van der Waals surface area contributed by atoms with E-state index in [9.17, 15) is 13.2 Å². The molecule has 0 aromatic carbocycles. The van der Waals surface area contributed by atoms with E-state index in [0.717, 1.165) is 6.42 Å². The first-order valence-corrected chi connectivity index (χ1v) is 5.92. The summed E-state index contributed by atoms with van der Waals surface area (Å²) in [6, 6.07) is 0. The molecular weight excluding hydrogens is 215 g/mol. The van der Waals surface area contributed by atoms with Crippen LogP contribution >= 0.6 is 0 Å². The Kier molecular flexibility index (Phi) is 10.8. The summed E-state index contributed by atoms with van der Waals surface area (Å²) in [5, 5.41) is 0. The van der Waals surface area contributed by atoms with Crippen LogP contribution in [0.5, 0.6) is 0 Å². The van der Waals surface area contributed by atoms with Gasteiger partial charge in [0, 0.05) is 13.1 Å². The maximum atomic E-state index is 11.9. The predicted molar refractivity (Wildman–Crippen MR) is 63.6 cm³/mol. The van der Waals surface area contributed by atoms with Gasteiger partial charge in [0.1, 0.15) is 0 Å². The summed E-state index contributed by atoms with van der Waals surface area (Å²) in [6.07, 6.45) is -1.44. The molecule has 98 valence electrons. The Morgan fingerprint density at radius 2 is 1.69 bits per heavy atom. The van der Waals surface area contributed by atoms with E-state index in [1.165, 1.54) is 10.5 Å². The molecule has 0 radical (unpaired) electrons. The van der Waals surface area contributed by atoms with Crippen LogP contribution in [0.4, 0.5) is 13.2 Å². The lowest BCUT2D eigenvalue weighted by atomic mass is 10.1. The molecule has 0 aromatic rings. The summed E-state index contributed by atoms with van der Waals surface area (Å²) in [5.41, 5.74) is 1.19. The SMILES string of the molecule is CC.CC.CC1=CCN(CC(F)(F)F)CC1. The van der Waals surface area contributed by atoms with Crippen LogP contribution in [0, 0.1) is 0 Å². The van der Waals surface area contributed by atoms with E-state index in [1.807, 2.05) is 40.7 Å². The van der Waals surface area contributed by atoms with Crippen molar-refractivity contribution >= 4 is 0 Å². The van der Waals surface area contributed by atoms with Crippen molar-refractivity contribution < 1.29 is 13.2 Å². The van der Waals surface area contributed by atoms with Crippen molar-refractivity contribution in [3.8, 4) is 0 Å². The summed E-state index contributed by atoms with van der Waals surface area (Å²) in [5.74, 6) is 0. The second kappa shape index (κ2) is 9.70. The average Bonchev–Trinajstić information content (AvgIpc) is 2.25. The van der Waals surface area contributed by atoms with Crippen molar-refractivity contribution in [1.82, 2.24) is 4.90 Å². The van der Waals surface area contributed by atoms with Crippen molar-refractivity contribution in [2.75, 3.05) is 19.6 Å². The molecule has 0 aliphatic carbocycles. The fraction of sp³-hybridized carbons (Fsp3) is 0.833. The number of rotatable bonds is 1. The van der Waals surface area contributed by atoms with Gasteiger partial charge >= 0.3 is 6.18 Å². The molecule has 16 heavy (non-hydrogen) atoms. The van der Waals surface area contributed by atoms with Gasteiger partial charge in [0.2, 0.25) is 0 Å². The molecule has 0 unspecified atom stereocenters. The lowest BCUT2D eigenvalue weighted by Gasteiger charge is -2.25. The summed E-state index contributed by atoms with van der Waals surface area (Å²) in [4.78, 5) is 1.41. The minimum absolute atomic E-state index is 0.436. The summed E-state index contributed by atoms with van der Waals surface area (Å²) < 4.78 is 35.6. The third-order valence-corrected chi connectivity index (χ3v) is 1.92. The van der Waals surface area contributed by atoms with Gasteiger partial charge in [-0.05, 0) is 13.3 Å². The molecule has 0 saturated carbocycles. The number of halogens is 3. The maximum Gasteiger partial charge on any atom is 0.401 e. The van der Waals surface area contributed by atoms with E-state index < -0.39 is 12.7 Å². The topological polar surface area (TPSA) is 3.24 Å². The molecule has 1 aliphatic rings. The summed E-state index contributed by atoms with van der Waals surface area (Å²) in [7, 11) is 0. The van der Waals surface area contributed by atoms with E-state index >= 15 is 0 Å². The molecule has 0 atom stereocenters. The first-order chi connectivity index (χ1) is 7.47. The molecule has 0 bridgehead atoms. The molecule has 4 heteroatoms. The van der Waals surface area contributed by atoms with E-state index in [-0.39, 0.29) is 0 Å². The molecular formula is C12H24F3N. The van der Waals surface area contributed by atoms with E-state index in [1.54, 1.807) is 0 Å². The molecule has 0 N–H and O–H groups in total. The monoisotopic (exact) mass is 239 g/mol. The van der Waals surface area contributed by atoms with Crippen LogP contribution < -0.4 is 0 Å². The number of nitrogens with zero attached hydrogens (tertiary/aromatic N) is 1. The highest BCUT2D eigenvalue weighted by molar-refractivity contribution is 5.03. The second-order valence-electron chi connectivity index (χ2n) is 3.15. The molecule has 1 aliphatic heterocycles. The van der Waals surface area contributed by atoms with Crippen LogP contribution in [0.15, 0.2) is 11.6 Å². The maximum absolute atomic E-state index is 11.9. The smallest absolute Gasteiger partial charge is 0.291 e. The fourth-order valence-electron chi connectivity index (χ4n) is 1.21. The lowest BCUT2D eigenvalue weighted by Crippen LogP contribution is -2.36. The minimum atomic E-state index is -4.06. The highest BCUT2D eigenvalue weighted by Gasteiger charge is 2.30. The largest absolute Gasteiger partial charge is 0.401 e. The van der Waals surface area contributed by atoms with Crippen LogP contribution in [0.25, 0.3) is 0 Å². The zero-order valence-electron chi connectivity index (χ0n) is 11.0. The van der Waals surface area contributed by atoms with Gasteiger partial charge in [-0.15, -0.1) is 0 Å². The Balaban J connectivity index is 0. The molecule has 1 nitrogen and oxygen atoms in total. The van der Waals surface area contributed by atoms with E-state index in [0.29, 0.717) is 13.1 Å².